The minimum absolute atomic E-state index is 0.0190. The zero-order valence-electron chi connectivity index (χ0n) is 15.0. The molecule has 23 heavy (non-hydrogen) atoms. The lowest BCUT2D eigenvalue weighted by Crippen LogP contribution is -2.41. The fourth-order valence-electron chi connectivity index (χ4n) is 2.03. The Labute approximate surface area is 139 Å². The molecule has 0 aliphatic heterocycles. The first-order valence-corrected chi connectivity index (χ1v) is 7.95. The summed E-state index contributed by atoms with van der Waals surface area (Å²) in [7, 11) is 0. The largest absolute Gasteiger partial charge is 0.489 e. The lowest BCUT2D eigenvalue weighted by molar-refractivity contribution is -0.128. The molecule has 0 fully saturated rings. The van der Waals surface area contributed by atoms with Gasteiger partial charge in [0.25, 0.3) is 0 Å². The van der Waals surface area contributed by atoms with Crippen LogP contribution in [0.5, 0.6) is 5.75 Å². The van der Waals surface area contributed by atoms with E-state index in [1.54, 1.807) is 4.90 Å². The predicted molar refractivity (Wildman–Crippen MR) is 92.7 cm³/mol. The Morgan fingerprint density at radius 1 is 1.22 bits per heavy atom. The van der Waals surface area contributed by atoms with E-state index in [9.17, 15) is 9.59 Å². The number of para-hydroxylation sites is 2. The number of amides is 2. The van der Waals surface area contributed by atoms with Gasteiger partial charge in [0.05, 0.1) is 11.8 Å². The highest BCUT2D eigenvalue weighted by atomic mass is 16.5. The van der Waals surface area contributed by atoms with Gasteiger partial charge in [-0.1, -0.05) is 32.9 Å². The van der Waals surface area contributed by atoms with Gasteiger partial charge in [0, 0.05) is 25.4 Å². The van der Waals surface area contributed by atoms with Gasteiger partial charge in [0.2, 0.25) is 11.8 Å². The lowest BCUT2D eigenvalue weighted by Gasteiger charge is -2.25. The van der Waals surface area contributed by atoms with E-state index in [4.69, 9.17) is 4.74 Å². The Bertz CT molecular complexity index is 547. The Balaban J connectivity index is 2.84. The van der Waals surface area contributed by atoms with Gasteiger partial charge in [-0.2, -0.15) is 0 Å². The Morgan fingerprint density at radius 2 is 1.83 bits per heavy atom. The van der Waals surface area contributed by atoms with E-state index in [-0.39, 0.29) is 17.9 Å². The van der Waals surface area contributed by atoms with Crippen LogP contribution in [0.15, 0.2) is 24.3 Å². The maximum atomic E-state index is 12.0. The van der Waals surface area contributed by atoms with Gasteiger partial charge in [-0.15, -0.1) is 0 Å². The van der Waals surface area contributed by atoms with Crippen LogP contribution < -0.4 is 15.0 Å². The molecule has 128 valence electrons. The molecule has 5 nitrogen and oxygen atoms in total. The summed E-state index contributed by atoms with van der Waals surface area (Å²) in [6, 6.07) is 7.44. The molecule has 0 radical (unpaired) electrons. The van der Waals surface area contributed by atoms with E-state index >= 15 is 0 Å². The number of nitrogens with zero attached hydrogens (tertiary/aromatic N) is 1. The highest BCUT2D eigenvalue weighted by Crippen LogP contribution is 2.28. The van der Waals surface area contributed by atoms with Crippen LogP contribution in [0.2, 0.25) is 0 Å². The van der Waals surface area contributed by atoms with Crippen molar-refractivity contribution in [1.82, 2.24) is 5.32 Å². The SMILES string of the molecule is CC(=O)N(CCNC(=O)C(C)(C)C)c1ccccc1OC(C)C. The van der Waals surface area contributed by atoms with Crippen LogP contribution >= 0.6 is 0 Å². The Hall–Kier alpha value is -2.04. The number of nitrogens with one attached hydrogen (secondary N) is 1. The van der Waals surface area contributed by atoms with Gasteiger partial charge in [-0.3, -0.25) is 9.59 Å². The first kappa shape index (κ1) is 19.0. The summed E-state index contributed by atoms with van der Waals surface area (Å²) in [6.45, 7) is 11.8. The Kier molecular flexibility index (Phi) is 6.61. The van der Waals surface area contributed by atoms with Crippen molar-refractivity contribution in [1.29, 1.82) is 0 Å². The molecule has 0 unspecified atom stereocenters. The summed E-state index contributed by atoms with van der Waals surface area (Å²) >= 11 is 0. The summed E-state index contributed by atoms with van der Waals surface area (Å²) in [6.07, 6.45) is 0.0190. The monoisotopic (exact) mass is 320 g/mol. The summed E-state index contributed by atoms with van der Waals surface area (Å²) in [4.78, 5) is 25.6. The standard InChI is InChI=1S/C18H28N2O3/c1-13(2)23-16-10-8-7-9-15(16)20(14(3)21)12-11-19-17(22)18(4,5)6/h7-10,13H,11-12H2,1-6H3,(H,19,22). The van der Waals surface area contributed by atoms with Crippen molar-refractivity contribution < 1.29 is 14.3 Å². The third-order valence-electron chi connectivity index (χ3n) is 3.20. The summed E-state index contributed by atoms with van der Waals surface area (Å²) in [5, 5.41) is 2.86. The van der Waals surface area contributed by atoms with Crippen LogP contribution in [0.25, 0.3) is 0 Å². The van der Waals surface area contributed by atoms with Crippen molar-refractivity contribution in [2.75, 3.05) is 18.0 Å². The fraction of sp³-hybridized carbons (Fsp3) is 0.556. The van der Waals surface area contributed by atoms with Crippen molar-refractivity contribution in [2.24, 2.45) is 5.41 Å². The molecule has 1 aromatic carbocycles. The van der Waals surface area contributed by atoms with Gasteiger partial charge in [0.1, 0.15) is 5.75 Å². The molecule has 0 aromatic heterocycles. The van der Waals surface area contributed by atoms with Gasteiger partial charge >= 0.3 is 0 Å². The molecule has 0 saturated heterocycles. The first-order valence-electron chi connectivity index (χ1n) is 7.95. The topological polar surface area (TPSA) is 58.6 Å². The number of hydrogen-bond acceptors (Lipinski definition) is 3. The van der Waals surface area contributed by atoms with E-state index in [0.717, 1.165) is 5.69 Å². The number of ether oxygens (including phenoxy) is 1. The molecule has 0 aliphatic carbocycles. The molecule has 1 rings (SSSR count). The molecule has 0 atom stereocenters. The molecule has 5 heteroatoms. The molecule has 0 aliphatic rings. The molecule has 0 spiro atoms. The molecule has 2 amide bonds. The molecule has 0 saturated carbocycles. The van der Waals surface area contributed by atoms with Crippen LogP contribution in [0.1, 0.15) is 41.5 Å². The van der Waals surface area contributed by atoms with Crippen LogP contribution in [-0.4, -0.2) is 31.0 Å². The fourth-order valence-corrected chi connectivity index (χ4v) is 2.03. The number of hydrogen-bond donors (Lipinski definition) is 1. The number of carbonyl (C=O) groups excluding carboxylic acids is 2. The number of anilines is 1. The predicted octanol–water partition coefficient (Wildman–Crippen LogP) is 2.99. The maximum Gasteiger partial charge on any atom is 0.225 e. The van der Waals surface area contributed by atoms with E-state index in [1.807, 2.05) is 58.9 Å². The second kappa shape index (κ2) is 7.99. The van der Waals surface area contributed by atoms with E-state index in [0.29, 0.717) is 18.8 Å². The lowest BCUT2D eigenvalue weighted by atomic mass is 9.96. The smallest absolute Gasteiger partial charge is 0.225 e. The van der Waals surface area contributed by atoms with Crippen molar-refractivity contribution in [3.05, 3.63) is 24.3 Å². The third kappa shape index (κ3) is 5.93. The normalized spacial score (nSPS) is 11.3. The quantitative estimate of drug-likeness (QED) is 0.876. The minimum Gasteiger partial charge on any atom is -0.489 e. The van der Waals surface area contributed by atoms with Gasteiger partial charge in [-0.05, 0) is 26.0 Å². The third-order valence-corrected chi connectivity index (χ3v) is 3.20. The molecule has 0 bridgehead atoms. The van der Waals surface area contributed by atoms with Crippen LogP contribution in [0, 0.1) is 5.41 Å². The maximum absolute atomic E-state index is 12.0. The highest BCUT2D eigenvalue weighted by molar-refractivity contribution is 5.93. The molecular formula is C18H28N2O3. The summed E-state index contributed by atoms with van der Waals surface area (Å²) < 4.78 is 5.78. The highest BCUT2D eigenvalue weighted by Gasteiger charge is 2.22. The van der Waals surface area contributed by atoms with Crippen LogP contribution in [0.4, 0.5) is 5.69 Å². The van der Waals surface area contributed by atoms with Gasteiger partial charge in [-0.25, -0.2) is 0 Å². The zero-order chi connectivity index (χ0) is 17.6. The average molecular weight is 320 g/mol. The van der Waals surface area contributed by atoms with Gasteiger partial charge in [0.15, 0.2) is 0 Å². The van der Waals surface area contributed by atoms with Crippen molar-refractivity contribution >= 4 is 17.5 Å². The van der Waals surface area contributed by atoms with E-state index in [1.165, 1.54) is 6.92 Å². The summed E-state index contributed by atoms with van der Waals surface area (Å²) in [5.74, 6) is 0.544. The minimum atomic E-state index is -0.445. The molecular weight excluding hydrogens is 292 g/mol. The summed E-state index contributed by atoms with van der Waals surface area (Å²) in [5.41, 5.74) is 0.276. The average Bonchev–Trinajstić information content (AvgIpc) is 2.42. The second-order valence-corrected chi connectivity index (χ2v) is 6.81. The number of rotatable bonds is 6. The number of carbonyl (C=O) groups is 2. The van der Waals surface area contributed by atoms with Crippen LogP contribution in [-0.2, 0) is 9.59 Å². The van der Waals surface area contributed by atoms with E-state index in [2.05, 4.69) is 5.32 Å². The van der Waals surface area contributed by atoms with Crippen molar-refractivity contribution in [2.45, 2.75) is 47.6 Å². The van der Waals surface area contributed by atoms with Crippen LogP contribution in [0.3, 0.4) is 0 Å². The number of benzene rings is 1. The van der Waals surface area contributed by atoms with E-state index < -0.39 is 5.41 Å². The van der Waals surface area contributed by atoms with Crippen molar-refractivity contribution in [3.8, 4) is 5.75 Å². The Morgan fingerprint density at radius 3 is 2.35 bits per heavy atom. The van der Waals surface area contributed by atoms with Gasteiger partial charge < -0.3 is 15.0 Å². The van der Waals surface area contributed by atoms with Crippen molar-refractivity contribution in [3.63, 3.8) is 0 Å². The first-order chi connectivity index (χ1) is 10.6. The zero-order valence-corrected chi connectivity index (χ0v) is 15.0. The second-order valence-electron chi connectivity index (χ2n) is 6.81. The molecule has 1 N–H and O–H groups in total. The molecule has 0 heterocycles. The molecule has 1 aromatic rings.